The normalized spacial score (nSPS) is 28.0. The maximum absolute atomic E-state index is 12.1. The molecule has 0 aromatic rings. The Morgan fingerprint density at radius 3 is 2.82 bits per heavy atom. The molecule has 2 rings (SSSR count). The van der Waals surface area contributed by atoms with Crippen molar-refractivity contribution in [3.05, 3.63) is 0 Å². The van der Waals surface area contributed by atoms with Gasteiger partial charge in [-0.15, -0.1) is 0 Å². The van der Waals surface area contributed by atoms with Crippen molar-refractivity contribution in [3.8, 4) is 0 Å². The molecule has 17 heavy (non-hydrogen) atoms. The lowest BCUT2D eigenvalue weighted by Gasteiger charge is -2.35. The van der Waals surface area contributed by atoms with Gasteiger partial charge in [0.2, 0.25) is 11.8 Å². The summed E-state index contributed by atoms with van der Waals surface area (Å²) in [7, 11) is 0. The Morgan fingerprint density at radius 1 is 1.06 bits per heavy atom. The number of nitrogens with zero attached hydrogens (tertiary/aromatic N) is 1. The van der Waals surface area contributed by atoms with E-state index in [0.717, 1.165) is 51.6 Å². The van der Waals surface area contributed by atoms with Crippen LogP contribution < -0.4 is 5.32 Å². The van der Waals surface area contributed by atoms with Crippen LogP contribution in [0.15, 0.2) is 0 Å². The summed E-state index contributed by atoms with van der Waals surface area (Å²) in [4.78, 5) is 25.8. The zero-order chi connectivity index (χ0) is 12.1. The fraction of sp³-hybridized carbons (Fsp3) is 0.846. The van der Waals surface area contributed by atoms with E-state index in [9.17, 15) is 9.59 Å². The van der Waals surface area contributed by atoms with Gasteiger partial charge in [-0.3, -0.25) is 9.59 Å². The van der Waals surface area contributed by atoms with Crippen molar-refractivity contribution in [2.24, 2.45) is 0 Å². The summed E-state index contributed by atoms with van der Waals surface area (Å²) in [6.07, 6.45) is 7.34. The molecule has 0 radical (unpaired) electrons. The Kier molecular flexibility index (Phi) is 4.40. The molecule has 0 aromatic heterocycles. The number of hydrogen-bond acceptors (Lipinski definition) is 2. The maximum Gasteiger partial charge on any atom is 0.222 e. The van der Waals surface area contributed by atoms with Crippen LogP contribution in [0.1, 0.15) is 51.4 Å². The van der Waals surface area contributed by atoms with Crippen molar-refractivity contribution in [3.63, 3.8) is 0 Å². The van der Waals surface area contributed by atoms with Gasteiger partial charge in [0.05, 0.1) is 0 Å². The van der Waals surface area contributed by atoms with Gasteiger partial charge in [-0.05, 0) is 32.1 Å². The third-order valence-corrected chi connectivity index (χ3v) is 3.76. The van der Waals surface area contributed by atoms with E-state index >= 15 is 0 Å². The lowest BCUT2D eigenvalue weighted by molar-refractivity contribution is -0.136. The Bertz CT molecular complexity index is 291. The molecule has 2 aliphatic heterocycles. The van der Waals surface area contributed by atoms with Gasteiger partial charge in [-0.2, -0.15) is 0 Å². The third kappa shape index (κ3) is 3.45. The van der Waals surface area contributed by atoms with Gasteiger partial charge in [0.15, 0.2) is 0 Å². The van der Waals surface area contributed by atoms with E-state index in [-0.39, 0.29) is 17.9 Å². The Hall–Kier alpha value is -1.06. The van der Waals surface area contributed by atoms with Crippen molar-refractivity contribution >= 4 is 11.8 Å². The summed E-state index contributed by atoms with van der Waals surface area (Å²) in [5.74, 6) is 0.362. The number of carbonyl (C=O) groups excluding carboxylic acids is 2. The molecule has 2 saturated heterocycles. The van der Waals surface area contributed by atoms with E-state index in [4.69, 9.17) is 0 Å². The second-order valence-corrected chi connectivity index (χ2v) is 5.10. The lowest BCUT2D eigenvalue weighted by Crippen LogP contribution is -2.45. The minimum absolute atomic E-state index is 0.108. The summed E-state index contributed by atoms with van der Waals surface area (Å²) in [6, 6.07) is 0.148. The molecule has 4 heteroatoms. The van der Waals surface area contributed by atoms with Gasteiger partial charge < -0.3 is 10.2 Å². The third-order valence-electron chi connectivity index (χ3n) is 3.76. The van der Waals surface area contributed by atoms with Gasteiger partial charge in [-0.1, -0.05) is 6.42 Å². The minimum atomic E-state index is 0.108. The number of fused-ring (bicyclic) bond motifs is 1. The number of hydrogen-bond donors (Lipinski definition) is 1. The highest BCUT2D eigenvalue weighted by molar-refractivity contribution is 5.80. The summed E-state index contributed by atoms with van der Waals surface area (Å²) < 4.78 is 0. The zero-order valence-electron chi connectivity index (χ0n) is 10.4. The van der Waals surface area contributed by atoms with Crippen LogP contribution in [0.3, 0.4) is 0 Å². The van der Waals surface area contributed by atoms with Crippen LogP contribution in [0.2, 0.25) is 0 Å². The predicted octanol–water partition coefficient (Wildman–Crippen LogP) is 1.45. The first kappa shape index (κ1) is 12.4. The number of carbonyl (C=O) groups is 2. The molecule has 2 amide bonds. The van der Waals surface area contributed by atoms with E-state index in [1.807, 2.05) is 4.90 Å². The van der Waals surface area contributed by atoms with Crippen LogP contribution in [0.25, 0.3) is 0 Å². The van der Waals surface area contributed by atoms with Crippen molar-refractivity contribution < 1.29 is 9.59 Å². The number of amides is 2. The zero-order valence-corrected chi connectivity index (χ0v) is 10.4. The van der Waals surface area contributed by atoms with E-state index in [0.29, 0.717) is 12.8 Å². The summed E-state index contributed by atoms with van der Waals surface area (Å²) in [6.45, 7) is 1.61. The molecular formula is C13H22N2O2. The molecule has 1 unspecified atom stereocenters. The van der Waals surface area contributed by atoms with Crippen LogP contribution in [0.5, 0.6) is 0 Å². The fourth-order valence-electron chi connectivity index (χ4n) is 2.78. The molecule has 2 fully saturated rings. The van der Waals surface area contributed by atoms with E-state index in [2.05, 4.69) is 5.32 Å². The molecule has 0 spiro atoms. The first-order valence-corrected chi connectivity index (χ1v) is 6.83. The molecule has 2 heterocycles. The topological polar surface area (TPSA) is 49.4 Å². The first-order chi connectivity index (χ1) is 8.27. The van der Waals surface area contributed by atoms with Gasteiger partial charge in [0.25, 0.3) is 0 Å². The summed E-state index contributed by atoms with van der Waals surface area (Å²) in [5.41, 5.74) is 0. The molecular weight excluding hydrogens is 216 g/mol. The van der Waals surface area contributed by atoms with Crippen molar-refractivity contribution in [2.45, 2.75) is 57.4 Å². The Morgan fingerprint density at radius 2 is 1.94 bits per heavy atom. The molecule has 4 nitrogen and oxygen atoms in total. The second kappa shape index (κ2) is 6.03. The summed E-state index contributed by atoms with van der Waals surface area (Å²) in [5, 5.41) is 2.95. The average Bonchev–Trinajstić information content (AvgIpc) is 2.36. The van der Waals surface area contributed by atoms with Gasteiger partial charge in [0, 0.05) is 32.0 Å². The van der Waals surface area contributed by atoms with E-state index in [1.165, 1.54) is 0 Å². The van der Waals surface area contributed by atoms with Crippen LogP contribution >= 0.6 is 0 Å². The highest BCUT2D eigenvalue weighted by atomic mass is 16.2. The van der Waals surface area contributed by atoms with E-state index in [1.54, 1.807) is 0 Å². The molecule has 0 saturated carbocycles. The predicted molar refractivity (Wildman–Crippen MR) is 65.4 cm³/mol. The van der Waals surface area contributed by atoms with Crippen LogP contribution in [-0.4, -0.2) is 35.8 Å². The lowest BCUT2D eigenvalue weighted by atomic mass is 9.98. The van der Waals surface area contributed by atoms with Crippen molar-refractivity contribution in [1.82, 2.24) is 10.2 Å². The molecule has 0 bridgehead atoms. The maximum atomic E-state index is 12.1. The van der Waals surface area contributed by atoms with E-state index < -0.39 is 0 Å². The highest BCUT2D eigenvalue weighted by Gasteiger charge is 2.28. The van der Waals surface area contributed by atoms with Crippen molar-refractivity contribution in [1.29, 1.82) is 0 Å². The number of rotatable bonds is 0. The molecule has 1 N–H and O–H groups in total. The first-order valence-electron chi connectivity index (χ1n) is 6.83. The van der Waals surface area contributed by atoms with Gasteiger partial charge in [-0.25, -0.2) is 0 Å². The SMILES string of the molecule is O=C1CC2CCCCN2C(=O)CCCCCN1. The number of nitrogens with one attached hydrogen (secondary N) is 1. The standard InChI is InChI=1S/C13H22N2O2/c16-12-10-11-6-3-5-9-15(11)13(17)7-2-1-4-8-14-12/h11H,1-10H2,(H,14,16). The molecule has 0 aromatic carbocycles. The van der Waals surface area contributed by atoms with Gasteiger partial charge >= 0.3 is 0 Å². The molecule has 96 valence electrons. The second-order valence-electron chi connectivity index (χ2n) is 5.10. The van der Waals surface area contributed by atoms with Gasteiger partial charge in [0.1, 0.15) is 0 Å². The fourth-order valence-corrected chi connectivity index (χ4v) is 2.78. The molecule has 1 atom stereocenters. The molecule has 2 aliphatic rings. The monoisotopic (exact) mass is 238 g/mol. The largest absolute Gasteiger partial charge is 0.356 e. The molecule has 0 aliphatic carbocycles. The smallest absolute Gasteiger partial charge is 0.222 e. The van der Waals surface area contributed by atoms with Crippen LogP contribution in [0.4, 0.5) is 0 Å². The Labute approximate surface area is 103 Å². The van der Waals surface area contributed by atoms with Crippen LogP contribution in [0, 0.1) is 0 Å². The highest BCUT2D eigenvalue weighted by Crippen LogP contribution is 2.21. The average molecular weight is 238 g/mol. The van der Waals surface area contributed by atoms with Crippen molar-refractivity contribution in [2.75, 3.05) is 13.1 Å². The summed E-state index contributed by atoms with van der Waals surface area (Å²) >= 11 is 0. The minimum Gasteiger partial charge on any atom is -0.356 e. The quantitative estimate of drug-likeness (QED) is 0.694. The van der Waals surface area contributed by atoms with Crippen LogP contribution in [-0.2, 0) is 9.59 Å². The number of piperidine rings is 1. The Balaban J connectivity index is 2.03.